The second kappa shape index (κ2) is 13.4. The molecule has 0 saturated carbocycles. The van der Waals surface area contributed by atoms with Crippen LogP contribution in [0.15, 0.2) is 237 Å². The van der Waals surface area contributed by atoms with Crippen LogP contribution in [-0.2, 0) is 10.8 Å². The van der Waals surface area contributed by atoms with E-state index in [0.29, 0.717) is 5.95 Å². The zero-order chi connectivity index (χ0) is 43.8. The van der Waals surface area contributed by atoms with E-state index in [1.165, 1.54) is 88.3 Å². The maximum absolute atomic E-state index is 5.55. The Morgan fingerprint density at radius 3 is 1.34 bits per heavy atom. The molecule has 0 aliphatic heterocycles. The van der Waals surface area contributed by atoms with Gasteiger partial charge in [-0.15, -0.1) is 0 Å². The highest BCUT2D eigenvalue weighted by Gasteiger charge is 2.59. The van der Waals surface area contributed by atoms with Gasteiger partial charge in [0.05, 0.1) is 33.3 Å². The van der Waals surface area contributed by atoms with Crippen molar-refractivity contribution in [3.05, 3.63) is 281 Å². The highest BCUT2D eigenvalue weighted by molar-refractivity contribution is 6.24. The van der Waals surface area contributed by atoms with E-state index in [2.05, 4.69) is 241 Å². The van der Waals surface area contributed by atoms with Crippen molar-refractivity contribution in [1.29, 1.82) is 0 Å². The maximum Gasteiger partial charge on any atom is 0.235 e. The topological polar surface area (TPSA) is 30.7 Å². The summed E-state index contributed by atoms with van der Waals surface area (Å²) in [6.45, 7) is 0. The minimum atomic E-state index is -0.643. The molecule has 0 amide bonds. The lowest BCUT2D eigenvalue weighted by Crippen LogP contribution is -2.43. The van der Waals surface area contributed by atoms with Gasteiger partial charge < -0.3 is 0 Å². The van der Waals surface area contributed by atoms with Crippen molar-refractivity contribution in [2.24, 2.45) is 0 Å². The third-order valence-electron chi connectivity index (χ3n) is 15.3. The predicted molar refractivity (Wildman–Crippen MR) is 273 cm³/mol. The Hall–Kier alpha value is -8.66. The van der Waals surface area contributed by atoms with E-state index >= 15 is 0 Å². The van der Waals surface area contributed by atoms with Crippen LogP contribution >= 0.6 is 0 Å². The number of benzene rings is 10. The Kier molecular flexibility index (Phi) is 7.36. The Morgan fingerprint density at radius 1 is 0.328 bits per heavy atom. The fourth-order valence-corrected chi connectivity index (χ4v) is 12.8. The Balaban J connectivity index is 1.12. The van der Waals surface area contributed by atoms with Crippen LogP contribution in [-0.4, -0.2) is 14.5 Å². The summed E-state index contributed by atoms with van der Waals surface area (Å²) in [5.41, 5.74) is 20.4. The van der Waals surface area contributed by atoms with E-state index in [0.717, 1.165) is 33.5 Å². The van der Waals surface area contributed by atoms with E-state index in [1.54, 1.807) is 0 Å². The minimum Gasteiger partial charge on any atom is -0.277 e. The molecule has 12 aromatic rings. The zero-order valence-corrected chi connectivity index (χ0v) is 36.4. The molecule has 3 aliphatic rings. The first-order valence-corrected chi connectivity index (χ1v) is 23.2. The second-order valence-electron chi connectivity index (χ2n) is 18.3. The number of hydrogen-bond donors (Lipinski definition) is 0. The Labute approximate surface area is 388 Å². The number of aromatic nitrogens is 3. The molecule has 0 unspecified atom stereocenters. The smallest absolute Gasteiger partial charge is 0.235 e. The highest BCUT2D eigenvalue weighted by atomic mass is 15.2. The van der Waals surface area contributed by atoms with Crippen LogP contribution in [0.5, 0.6) is 0 Å². The summed E-state index contributed by atoms with van der Waals surface area (Å²) in [5, 5.41) is 4.79. The van der Waals surface area contributed by atoms with Gasteiger partial charge in [0.1, 0.15) is 0 Å². The first kappa shape index (κ1) is 36.7. The van der Waals surface area contributed by atoms with Gasteiger partial charge in [-0.2, -0.15) is 0 Å². The van der Waals surface area contributed by atoms with Gasteiger partial charge in [0.2, 0.25) is 5.95 Å². The van der Waals surface area contributed by atoms with E-state index in [9.17, 15) is 0 Å². The van der Waals surface area contributed by atoms with Gasteiger partial charge in [-0.05, 0) is 84.1 Å². The first-order valence-electron chi connectivity index (χ1n) is 23.2. The summed E-state index contributed by atoms with van der Waals surface area (Å²) in [7, 11) is 0. The second-order valence-corrected chi connectivity index (χ2v) is 18.3. The molecule has 0 radical (unpaired) electrons. The number of hydrogen-bond acceptors (Lipinski definition) is 2. The van der Waals surface area contributed by atoms with Gasteiger partial charge in [0, 0.05) is 27.5 Å². The van der Waals surface area contributed by atoms with Crippen LogP contribution in [0.3, 0.4) is 0 Å². The molecule has 0 N–H and O–H groups in total. The van der Waals surface area contributed by atoms with Crippen molar-refractivity contribution < 1.29 is 0 Å². The molecule has 3 heteroatoms. The van der Waals surface area contributed by atoms with Crippen LogP contribution < -0.4 is 0 Å². The molecule has 0 saturated heterocycles. The number of fused-ring (bicyclic) bond motifs is 22. The van der Waals surface area contributed by atoms with Gasteiger partial charge in [-0.1, -0.05) is 224 Å². The third kappa shape index (κ3) is 4.60. The van der Waals surface area contributed by atoms with Crippen molar-refractivity contribution >= 4 is 32.6 Å². The molecule has 2 heterocycles. The number of rotatable bonds is 3. The molecule has 0 bridgehead atoms. The first-order chi connectivity index (χ1) is 33.3. The lowest BCUT2D eigenvalue weighted by molar-refractivity contribution is 0.633. The average molecular weight is 850 g/mol. The summed E-state index contributed by atoms with van der Waals surface area (Å²) in [5.74, 6) is 0.643. The summed E-state index contributed by atoms with van der Waals surface area (Å²) in [6.07, 6.45) is 0. The fourth-order valence-electron chi connectivity index (χ4n) is 12.8. The molecule has 2 spiro atoms. The molecule has 2 aromatic heterocycles. The van der Waals surface area contributed by atoms with Gasteiger partial charge >= 0.3 is 0 Å². The monoisotopic (exact) mass is 849 g/mol. The molecule has 3 aliphatic carbocycles. The molecule has 10 aromatic carbocycles. The highest BCUT2D eigenvalue weighted by Crippen LogP contribution is 2.68. The minimum absolute atomic E-state index is 0.513. The van der Waals surface area contributed by atoms with E-state index in [-0.39, 0.29) is 0 Å². The summed E-state index contributed by atoms with van der Waals surface area (Å²) >= 11 is 0. The van der Waals surface area contributed by atoms with Crippen molar-refractivity contribution in [2.75, 3.05) is 0 Å². The van der Waals surface area contributed by atoms with Crippen LogP contribution in [0.25, 0.3) is 83.3 Å². The molecule has 0 fully saturated rings. The molecule has 310 valence electrons. The van der Waals surface area contributed by atoms with Gasteiger partial charge in [0.25, 0.3) is 0 Å². The van der Waals surface area contributed by atoms with Crippen LogP contribution in [0.2, 0.25) is 0 Å². The molecule has 0 atom stereocenters. The van der Waals surface area contributed by atoms with Crippen molar-refractivity contribution in [3.8, 4) is 50.7 Å². The fraction of sp³-hybridized carbons (Fsp3) is 0.0312. The average Bonchev–Trinajstić information content (AvgIpc) is 4.02. The SMILES string of the molecule is c1ccc(-c2cc(-c3ccccc3)nc(-n3c4ccc5ccccc5c4c4ccc5c(c43)-c3ccccc3C53c4ccccc4C4(c5ccccc5-c5ccccc54)c4ccccc43)n2)cc1. The van der Waals surface area contributed by atoms with Crippen molar-refractivity contribution in [3.63, 3.8) is 0 Å². The standard InChI is InChI=1S/C64H39N3/c1-3-20-41(21-4-1)56-39-57(42-22-5-2-6-23-42)66-62(65-56)67-58-38-35-40-19-7-8-24-43(40)59(58)47-36-37-55-60(61(47)67)46-27-11-14-30-50(46)64(55)53-33-17-15-31-51(53)63(52-32-16-18-34-54(52)64)48-28-12-9-25-44(48)45-26-10-13-29-49(45)63/h1-39H. The Bertz CT molecular complexity index is 3900. The van der Waals surface area contributed by atoms with Crippen LogP contribution in [0.4, 0.5) is 0 Å². The maximum atomic E-state index is 5.55. The van der Waals surface area contributed by atoms with Crippen molar-refractivity contribution in [1.82, 2.24) is 14.5 Å². The predicted octanol–water partition coefficient (Wildman–Crippen LogP) is 15.1. The lowest BCUT2D eigenvalue weighted by Gasteiger charge is -2.48. The van der Waals surface area contributed by atoms with Crippen LogP contribution in [0, 0.1) is 0 Å². The third-order valence-corrected chi connectivity index (χ3v) is 15.3. The van der Waals surface area contributed by atoms with E-state index < -0.39 is 10.8 Å². The van der Waals surface area contributed by atoms with E-state index in [1.807, 2.05) is 0 Å². The Morgan fingerprint density at radius 2 is 0.776 bits per heavy atom. The van der Waals surface area contributed by atoms with Crippen molar-refractivity contribution in [2.45, 2.75) is 10.8 Å². The van der Waals surface area contributed by atoms with Gasteiger partial charge in [-0.3, -0.25) is 4.57 Å². The van der Waals surface area contributed by atoms with E-state index in [4.69, 9.17) is 9.97 Å². The largest absolute Gasteiger partial charge is 0.277 e. The normalized spacial score (nSPS) is 14.2. The number of nitrogens with zero attached hydrogens (tertiary/aromatic N) is 3. The molecular formula is C64H39N3. The molecule has 3 nitrogen and oxygen atoms in total. The molecule has 15 rings (SSSR count). The zero-order valence-electron chi connectivity index (χ0n) is 36.4. The lowest BCUT2D eigenvalue weighted by atomic mass is 9.52. The van der Waals surface area contributed by atoms with Gasteiger partial charge in [0.15, 0.2) is 0 Å². The van der Waals surface area contributed by atoms with Gasteiger partial charge in [-0.25, -0.2) is 9.97 Å². The molecular weight excluding hydrogens is 811 g/mol. The summed E-state index contributed by atoms with van der Waals surface area (Å²) in [6, 6.07) is 87.5. The quantitative estimate of drug-likeness (QED) is 0.177. The van der Waals surface area contributed by atoms with Crippen LogP contribution in [0.1, 0.15) is 44.5 Å². The molecule has 67 heavy (non-hydrogen) atoms. The summed E-state index contributed by atoms with van der Waals surface area (Å²) in [4.78, 5) is 11.1. The summed E-state index contributed by atoms with van der Waals surface area (Å²) < 4.78 is 2.39.